The SMILES string of the molecule is CNC(C)CC(=O)N1CCN(c2cnc(C(F)(F)F)nc2)CC1. The minimum atomic E-state index is -4.53. The molecule has 0 bridgehead atoms. The van der Waals surface area contributed by atoms with Crippen molar-refractivity contribution in [3.63, 3.8) is 0 Å². The summed E-state index contributed by atoms with van der Waals surface area (Å²) in [6, 6.07) is 0.115. The minimum Gasteiger partial charge on any atom is -0.365 e. The number of hydrogen-bond donors (Lipinski definition) is 1. The number of nitrogens with one attached hydrogen (secondary N) is 1. The zero-order chi connectivity index (χ0) is 17.0. The zero-order valence-electron chi connectivity index (χ0n) is 13.1. The molecule has 1 unspecified atom stereocenters. The Hall–Kier alpha value is -1.90. The highest BCUT2D eigenvalue weighted by atomic mass is 19.4. The van der Waals surface area contributed by atoms with Crippen molar-refractivity contribution >= 4 is 11.6 Å². The summed E-state index contributed by atoms with van der Waals surface area (Å²) in [5.41, 5.74) is 0.536. The number of amides is 1. The van der Waals surface area contributed by atoms with Gasteiger partial charge in [0.2, 0.25) is 11.7 Å². The first-order valence-corrected chi connectivity index (χ1v) is 7.40. The predicted molar refractivity (Wildman–Crippen MR) is 79.0 cm³/mol. The lowest BCUT2D eigenvalue weighted by Gasteiger charge is -2.36. The van der Waals surface area contributed by atoms with E-state index in [-0.39, 0.29) is 11.9 Å². The van der Waals surface area contributed by atoms with E-state index in [0.717, 1.165) is 0 Å². The van der Waals surface area contributed by atoms with E-state index in [4.69, 9.17) is 0 Å². The molecule has 23 heavy (non-hydrogen) atoms. The molecule has 0 aliphatic carbocycles. The van der Waals surface area contributed by atoms with Gasteiger partial charge in [-0.2, -0.15) is 13.2 Å². The van der Waals surface area contributed by atoms with Crippen LogP contribution >= 0.6 is 0 Å². The van der Waals surface area contributed by atoms with Gasteiger partial charge in [0.05, 0.1) is 18.1 Å². The van der Waals surface area contributed by atoms with Gasteiger partial charge in [-0.3, -0.25) is 4.79 Å². The molecule has 1 aromatic heterocycles. The summed E-state index contributed by atoms with van der Waals surface area (Å²) < 4.78 is 37.3. The van der Waals surface area contributed by atoms with Crippen molar-refractivity contribution in [2.75, 3.05) is 38.1 Å². The van der Waals surface area contributed by atoms with E-state index in [1.807, 2.05) is 11.8 Å². The third-order valence-electron chi connectivity index (χ3n) is 3.86. The second-order valence-electron chi connectivity index (χ2n) is 5.52. The molecule has 0 spiro atoms. The van der Waals surface area contributed by atoms with E-state index >= 15 is 0 Å². The molecule has 0 radical (unpaired) electrons. The summed E-state index contributed by atoms with van der Waals surface area (Å²) in [6.45, 7) is 4.11. The van der Waals surface area contributed by atoms with Gasteiger partial charge in [0.15, 0.2) is 0 Å². The monoisotopic (exact) mass is 331 g/mol. The number of carbonyl (C=O) groups excluding carboxylic acids is 1. The molecule has 1 aliphatic heterocycles. The van der Waals surface area contributed by atoms with Crippen molar-refractivity contribution in [1.29, 1.82) is 0 Å². The highest BCUT2D eigenvalue weighted by Gasteiger charge is 2.34. The Balaban J connectivity index is 1.90. The maximum absolute atomic E-state index is 12.4. The van der Waals surface area contributed by atoms with Crippen molar-refractivity contribution < 1.29 is 18.0 Å². The van der Waals surface area contributed by atoms with E-state index in [1.54, 1.807) is 11.9 Å². The van der Waals surface area contributed by atoms with Gasteiger partial charge in [0.25, 0.3) is 0 Å². The summed E-state index contributed by atoms with van der Waals surface area (Å²) in [7, 11) is 1.81. The Morgan fingerprint density at radius 3 is 2.30 bits per heavy atom. The molecule has 128 valence electrons. The highest BCUT2D eigenvalue weighted by Crippen LogP contribution is 2.26. The molecule has 1 fully saturated rings. The van der Waals surface area contributed by atoms with Crippen LogP contribution in [-0.2, 0) is 11.0 Å². The van der Waals surface area contributed by atoms with Crippen molar-refractivity contribution in [1.82, 2.24) is 20.2 Å². The first-order chi connectivity index (χ1) is 10.8. The standard InChI is InChI=1S/C14H20F3N5O/c1-10(18-2)7-12(23)22-5-3-21(4-6-22)11-8-19-13(20-9-11)14(15,16)17/h8-10,18H,3-7H2,1-2H3. The van der Waals surface area contributed by atoms with Crippen LogP contribution in [0.2, 0.25) is 0 Å². The second-order valence-corrected chi connectivity index (χ2v) is 5.52. The van der Waals surface area contributed by atoms with Gasteiger partial charge in [0, 0.05) is 38.6 Å². The fourth-order valence-corrected chi connectivity index (χ4v) is 2.34. The maximum atomic E-state index is 12.4. The summed E-state index contributed by atoms with van der Waals surface area (Å²) in [4.78, 5) is 22.5. The lowest BCUT2D eigenvalue weighted by atomic mass is 10.2. The van der Waals surface area contributed by atoms with Crippen LogP contribution in [0.5, 0.6) is 0 Å². The van der Waals surface area contributed by atoms with Crippen LogP contribution in [0.1, 0.15) is 19.2 Å². The van der Waals surface area contributed by atoms with Gasteiger partial charge in [-0.25, -0.2) is 9.97 Å². The van der Waals surface area contributed by atoms with E-state index in [1.165, 1.54) is 12.4 Å². The van der Waals surface area contributed by atoms with Crippen LogP contribution in [0.25, 0.3) is 0 Å². The molecule has 1 aliphatic rings. The normalized spacial score (nSPS) is 17.3. The van der Waals surface area contributed by atoms with Crippen LogP contribution in [0.15, 0.2) is 12.4 Å². The van der Waals surface area contributed by atoms with Gasteiger partial charge in [0.1, 0.15) is 0 Å². The molecule has 6 nitrogen and oxygen atoms in total. The number of halogens is 3. The third kappa shape index (κ3) is 4.54. The Morgan fingerprint density at radius 1 is 1.26 bits per heavy atom. The minimum absolute atomic E-state index is 0.0789. The number of alkyl halides is 3. The summed E-state index contributed by atoms with van der Waals surface area (Å²) in [6.07, 6.45) is -1.75. The van der Waals surface area contributed by atoms with Gasteiger partial charge < -0.3 is 15.1 Å². The van der Waals surface area contributed by atoms with Gasteiger partial charge in [-0.1, -0.05) is 0 Å². The van der Waals surface area contributed by atoms with Crippen molar-refractivity contribution in [3.05, 3.63) is 18.2 Å². The van der Waals surface area contributed by atoms with Gasteiger partial charge >= 0.3 is 6.18 Å². The molecule has 1 N–H and O–H groups in total. The molecular weight excluding hydrogens is 311 g/mol. The molecule has 0 aromatic carbocycles. The van der Waals surface area contributed by atoms with Gasteiger partial charge in [-0.05, 0) is 14.0 Å². The number of piperazine rings is 1. The Morgan fingerprint density at radius 2 is 1.83 bits per heavy atom. The first-order valence-electron chi connectivity index (χ1n) is 7.40. The number of rotatable bonds is 4. The average molecular weight is 331 g/mol. The average Bonchev–Trinajstić information content (AvgIpc) is 2.54. The number of carbonyl (C=O) groups is 1. The van der Waals surface area contributed by atoms with Crippen LogP contribution in [-0.4, -0.2) is 60.0 Å². The molecule has 2 rings (SSSR count). The van der Waals surface area contributed by atoms with Crippen LogP contribution in [0.3, 0.4) is 0 Å². The number of hydrogen-bond acceptors (Lipinski definition) is 5. The predicted octanol–water partition coefficient (Wildman–Crippen LogP) is 1.14. The van der Waals surface area contributed by atoms with Gasteiger partial charge in [-0.15, -0.1) is 0 Å². The fraction of sp³-hybridized carbons (Fsp3) is 0.643. The molecule has 1 saturated heterocycles. The quantitative estimate of drug-likeness (QED) is 0.897. The largest absolute Gasteiger partial charge is 0.451 e. The third-order valence-corrected chi connectivity index (χ3v) is 3.86. The van der Waals surface area contributed by atoms with E-state index in [2.05, 4.69) is 15.3 Å². The fourth-order valence-electron chi connectivity index (χ4n) is 2.34. The van der Waals surface area contributed by atoms with Crippen molar-refractivity contribution in [3.8, 4) is 0 Å². The molecule has 2 heterocycles. The van der Waals surface area contributed by atoms with Crippen molar-refractivity contribution in [2.45, 2.75) is 25.6 Å². The first kappa shape index (κ1) is 17.5. The topological polar surface area (TPSA) is 61.4 Å². The second kappa shape index (κ2) is 7.12. The summed E-state index contributed by atoms with van der Waals surface area (Å²) >= 11 is 0. The number of aromatic nitrogens is 2. The number of nitrogens with zero attached hydrogens (tertiary/aromatic N) is 4. The molecule has 1 amide bonds. The Labute approximate surface area is 132 Å². The lowest BCUT2D eigenvalue weighted by molar-refractivity contribution is -0.145. The molecule has 1 aromatic rings. The van der Waals surface area contributed by atoms with E-state index < -0.39 is 12.0 Å². The number of anilines is 1. The van der Waals surface area contributed by atoms with E-state index in [9.17, 15) is 18.0 Å². The zero-order valence-corrected chi connectivity index (χ0v) is 13.1. The molecule has 1 atom stereocenters. The van der Waals surface area contributed by atoms with E-state index in [0.29, 0.717) is 38.3 Å². The van der Waals surface area contributed by atoms with Crippen LogP contribution < -0.4 is 10.2 Å². The Bertz CT molecular complexity index is 526. The van der Waals surface area contributed by atoms with Crippen LogP contribution in [0.4, 0.5) is 18.9 Å². The lowest BCUT2D eigenvalue weighted by Crippen LogP contribution is -2.49. The van der Waals surface area contributed by atoms with Crippen LogP contribution in [0, 0.1) is 0 Å². The Kier molecular flexibility index (Phi) is 5.40. The highest BCUT2D eigenvalue weighted by molar-refractivity contribution is 5.77. The van der Waals surface area contributed by atoms with Crippen molar-refractivity contribution in [2.24, 2.45) is 0 Å². The molecule has 9 heteroatoms. The smallest absolute Gasteiger partial charge is 0.365 e. The molecule has 0 saturated carbocycles. The summed E-state index contributed by atoms with van der Waals surface area (Å²) in [5, 5.41) is 3.02. The summed E-state index contributed by atoms with van der Waals surface area (Å²) in [5.74, 6) is -1.06. The maximum Gasteiger partial charge on any atom is 0.451 e. The molecular formula is C14H20F3N5O.